The van der Waals surface area contributed by atoms with Crippen LogP contribution in [-0.4, -0.2) is 22.5 Å². The average molecular weight is 266 g/mol. The zero-order chi connectivity index (χ0) is 14.1. The lowest BCUT2D eigenvalue weighted by Crippen LogP contribution is -2.18. The summed E-state index contributed by atoms with van der Waals surface area (Å²) in [5.74, 6) is -0.154. The Morgan fingerprint density at radius 1 is 1.25 bits per heavy atom. The number of hydrogen-bond donors (Lipinski definition) is 2. The molecule has 2 aromatic carbocycles. The first-order chi connectivity index (χ1) is 9.70. The lowest BCUT2D eigenvalue weighted by molar-refractivity contribution is 0.0963. The zero-order valence-corrected chi connectivity index (χ0v) is 11.0. The van der Waals surface area contributed by atoms with Crippen LogP contribution in [0, 0.1) is 0 Å². The van der Waals surface area contributed by atoms with Gasteiger partial charge in [0.2, 0.25) is 0 Å². The smallest absolute Gasteiger partial charge is 0.251 e. The third-order valence-electron chi connectivity index (χ3n) is 3.23. The molecule has 0 bridgehead atoms. The van der Waals surface area contributed by atoms with E-state index in [1.807, 2.05) is 34.9 Å². The molecule has 0 saturated heterocycles. The van der Waals surface area contributed by atoms with Gasteiger partial charge >= 0.3 is 0 Å². The molecule has 20 heavy (non-hydrogen) atoms. The van der Waals surface area contributed by atoms with E-state index in [0.29, 0.717) is 11.3 Å². The quantitative estimate of drug-likeness (QED) is 0.696. The van der Waals surface area contributed by atoms with Gasteiger partial charge in [-0.3, -0.25) is 9.36 Å². The van der Waals surface area contributed by atoms with Crippen molar-refractivity contribution in [3.8, 4) is 5.69 Å². The predicted octanol–water partition coefficient (Wildman–Crippen LogP) is 1.97. The SMILES string of the molecule is CNC(=O)c1ccc(-n2cnc3ccccc32)c(N)c1. The van der Waals surface area contributed by atoms with Gasteiger partial charge < -0.3 is 11.1 Å². The molecule has 0 spiro atoms. The molecular weight excluding hydrogens is 252 g/mol. The van der Waals surface area contributed by atoms with Gasteiger partial charge in [0.25, 0.3) is 5.91 Å². The number of rotatable bonds is 2. The van der Waals surface area contributed by atoms with Crippen molar-refractivity contribution in [3.05, 3.63) is 54.4 Å². The minimum atomic E-state index is -0.154. The number of nitrogens with zero attached hydrogens (tertiary/aromatic N) is 2. The van der Waals surface area contributed by atoms with Crippen LogP contribution in [0.4, 0.5) is 5.69 Å². The molecule has 1 amide bonds. The van der Waals surface area contributed by atoms with Crippen LogP contribution >= 0.6 is 0 Å². The third-order valence-corrected chi connectivity index (χ3v) is 3.23. The number of nitrogen functional groups attached to an aromatic ring is 1. The number of benzene rings is 2. The molecule has 0 saturated carbocycles. The Morgan fingerprint density at radius 2 is 2.05 bits per heavy atom. The fourth-order valence-electron chi connectivity index (χ4n) is 2.21. The molecule has 0 unspecified atom stereocenters. The van der Waals surface area contributed by atoms with Crippen molar-refractivity contribution in [2.75, 3.05) is 12.8 Å². The number of nitrogens with two attached hydrogens (primary N) is 1. The molecule has 3 N–H and O–H groups in total. The molecule has 3 aromatic rings. The highest BCUT2D eigenvalue weighted by atomic mass is 16.1. The van der Waals surface area contributed by atoms with Crippen molar-refractivity contribution in [2.45, 2.75) is 0 Å². The number of fused-ring (bicyclic) bond motifs is 1. The molecule has 1 heterocycles. The molecule has 0 fully saturated rings. The summed E-state index contributed by atoms with van der Waals surface area (Å²) < 4.78 is 1.91. The van der Waals surface area contributed by atoms with E-state index in [2.05, 4.69) is 10.3 Å². The van der Waals surface area contributed by atoms with E-state index in [9.17, 15) is 4.79 Å². The van der Waals surface area contributed by atoms with Crippen LogP contribution in [-0.2, 0) is 0 Å². The molecule has 5 nitrogen and oxygen atoms in total. The Bertz CT molecular complexity index is 791. The van der Waals surface area contributed by atoms with Crippen LogP contribution in [0.25, 0.3) is 16.7 Å². The number of anilines is 1. The minimum absolute atomic E-state index is 0.154. The average Bonchev–Trinajstić information content (AvgIpc) is 2.90. The zero-order valence-electron chi connectivity index (χ0n) is 11.0. The Kier molecular flexibility index (Phi) is 2.87. The van der Waals surface area contributed by atoms with E-state index >= 15 is 0 Å². The van der Waals surface area contributed by atoms with Crippen molar-refractivity contribution in [2.24, 2.45) is 0 Å². The number of amides is 1. The van der Waals surface area contributed by atoms with Crippen LogP contribution in [0.2, 0.25) is 0 Å². The van der Waals surface area contributed by atoms with Gasteiger partial charge in [0.1, 0.15) is 6.33 Å². The van der Waals surface area contributed by atoms with Crippen molar-refractivity contribution < 1.29 is 4.79 Å². The van der Waals surface area contributed by atoms with E-state index in [1.165, 1.54) is 0 Å². The van der Waals surface area contributed by atoms with Gasteiger partial charge in [-0.2, -0.15) is 0 Å². The summed E-state index contributed by atoms with van der Waals surface area (Å²) in [5, 5.41) is 2.58. The van der Waals surface area contributed by atoms with Crippen molar-refractivity contribution >= 4 is 22.6 Å². The van der Waals surface area contributed by atoms with Crippen molar-refractivity contribution in [1.82, 2.24) is 14.9 Å². The van der Waals surface area contributed by atoms with E-state index in [4.69, 9.17) is 5.73 Å². The molecule has 0 atom stereocenters. The van der Waals surface area contributed by atoms with E-state index < -0.39 is 0 Å². The third kappa shape index (κ3) is 1.89. The highest BCUT2D eigenvalue weighted by Gasteiger charge is 2.10. The summed E-state index contributed by atoms with van der Waals surface area (Å²) in [6.07, 6.45) is 1.73. The van der Waals surface area contributed by atoms with Crippen molar-refractivity contribution in [3.63, 3.8) is 0 Å². The van der Waals surface area contributed by atoms with E-state index in [1.54, 1.807) is 25.5 Å². The summed E-state index contributed by atoms with van der Waals surface area (Å²) in [7, 11) is 1.59. The minimum Gasteiger partial charge on any atom is -0.397 e. The van der Waals surface area contributed by atoms with E-state index in [-0.39, 0.29) is 5.91 Å². The van der Waals surface area contributed by atoms with Crippen molar-refractivity contribution in [1.29, 1.82) is 0 Å². The highest BCUT2D eigenvalue weighted by molar-refractivity contribution is 5.95. The topological polar surface area (TPSA) is 72.9 Å². The highest BCUT2D eigenvalue weighted by Crippen LogP contribution is 2.23. The number of carbonyl (C=O) groups excluding carboxylic acids is 1. The second kappa shape index (κ2) is 4.70. The van der Waals surface area contributed by atoms with Gasteiger partial charge in [0, 0.05) is 12.6 Å². The molecule has 100 valence electrons. The number of hydrogen-bond acceptors (Lipinski definition) is 3. The number of aromatic nitrogens is 2. The molecule has 0 aliphatic heterocycles. The molecule has 3 rings (SSSR count). The maximum atomic E-state index is 11.6. The second-order valence-corrected chi connectivity index (χ2v) is 4.46. The van der Waals surface area contributed by atoms with Gasteiger partial charge in [0.05, 0.1) is 22.4 Å². The van der Waals surface area contributed by atoms with Crippen LogP contribution in [0.5, 0.6) is 0 Å². The summed E-state index contributed by atoms with van der Waals surface area (Å²) in [5.41, 5.74) is 9.84. The van der Waals surface area contributed by atoms with E-state index in [0.717, 1.165) is 16.7 Å². The van der Waals surface area contributed by atoms with Gasteiger partial charge in [0.15, 0.2) is 0 Å². The fraction of sp³-hybridized carbons (Fsp3) is 0.0667. The summed E-state index contributed by atoms with van der Waals surface area (Å²) in [6.45, 7) is 0. The fourth-order valence-corrected chi connectivity index (χ4v) is 2.21. The van der Waals surface area contributed by atoms with Crippen LogP contribution in [0.15, 0.2) is 48.8 Å². The molecule has 0 aliphatic rings. The summed E-state index contributed by atoms with van der Waals surface area (Å²) in [6, 6.07) is 13.1. The first kappa shape index (κ1) is 12.2. The molecule has 0 radical (unpaired) electrons. The maximum absolute atomic E-state index is 11.6. The number of nitrogens with one attached hydrogen (secondary N) is 1. The van der Waals surface area contributed by atoms with Crippen LogP contribution in [0.1, 0.15) is 10.4 Å². The molecule has 0 aliphatic carbocycles. The first-order valence-electron chi connectivity index (χ1n) is 6.25. The largest absolute Gasteiger partial charge is 0.397 e. The van der Waals surface area contributed by atoms with Crippen LogP contribution < -0.4 is 11.1 Å². The van der Waals surface area contributed by atoms with Gasteiger partial charge in [-0.15, -0.1) is 0 Å². The lowest BCUT2D eigenvalue weighted by Gasteiger charge is -2.09. The molecule has 5 heteroatoms. The lowest BCUT2D eigenvalue weighted by atomic mass is 10.1. The van der Waals surface area contributed by atoms with Gasteiger partial charge in [-0.25, -0.2) is 4.98 Å². The van der Waals surface area contributed by atoms with Gasteiger partial charge in [-0.1, -0.05) is 12.1 Å². The monoisotopic (exact) mass is 266 g/mol. The Balaban J connectivity index is 2.13. The standard InChI is InChI=1S/C15H14N4O/c1-17-15(20)10-6-7-13(11(16)8-10)19-9-18-12-4-2-3-5-14(12)19/h2-9H,16H2,1H3,(H,17,20). The predicted molar refractivity (Wildman–Crippen MR) is 78.9 cm³/mol. The molecular formula is C15H14N4O. The first-order valence-corrected chi connectivity index (χ1v) is 6.25. The summed E-state index contributed by atoms with van der Waals surface area (Å²) >= 11 is 0. The normalized spacial score (nSPS) is 10.7. The summed E-state index contributed by atoms with van der Waals surface area (Å²) in [4.78, 5) is 15.9. The Morgan fingerprint density at radius 3 is 2.80 bits per heavy atom. The number of carbonyl (C=O) groups is 1. The number of imidazole rings is 1. The Hall–Kier alpha value is -2.82. The van der Waals surface area contributed by atoms with Gasteiger partial charge in [-0.05, 0) is 30.3 Å². The molecule has 1 aromatic heterocycles. The Labute approximate surface area is 116 Å². The second-order valence-electron chi connectivity index (χ2n) is 4.46. The maximum Gasteiger partial charge on any atom is 0.251 e. The van der Waals surface area contributed by atoms with Crippen LogP contribution in [0.3, 0.4) is 0 Å². The number of para-hydroxylation sites is 2.